The van der Waals surface area contributed by atoms with Gasteiger partial charge in [-0.1, -0.05) is 18.2 Å². The largest absolute Gasteiger partial charge is 0.330 e. The van der Waals surface area contributed by atoms with E-state index in [2.05, 4.69) is 10.6 Å². The summed E-state index contributed by atoms with van der Waals surface area (Å²) in [5.74, 6) is -0.120. The van der Waals surface area contributed by atoms with Crippen LogP contribution in [0.1, 0.15) is 11.1 Å². The number of benzene rings is 1. The Balaban J connectivity index is 1.79. The third-order valence-corrected chi connectivity index (χ3v) is 4.07. The van der Waals surface area contributed by atoms with E-state index in [0.29, 0.717) is 12.0 Å². The summed E-state index contributed by atoms with van der Waals surface area (Å²) in [5, 5.41) is 5.96. The van der Waals surface area contributed by atoms with E-state index in [9.17, 15) is 14.4 Å². The first kappa shape index (κ1) is 15.2. The smallest absolute Gasteiger partial charge is 0.324 e. The van der Waals surface area contributed by atoms with Crippen molar-refractivity contribution >= 4 is 11.6 Å². The van der Waals surface area contributed by atoms with Crippen LogP contribution in [0, 0.1) is 0 Å². The summed E-state index contributed by atoms with van der Waals surface area (Å²) in [6.45, 7) is 0.223. The van der Waals surface area contributed by atoms with Gasteiger partial charge in [0.2, 0.25) is 5.91 Å². The number of aromatic nitrogens is 2. The quantitative estimate of drug-likeness (QED) is 0.817. The molecule has 1 atom stereocenters. The van der Waals surface area contributed by atoms with Crippen LogP contribution < -0.4 is 21.9 Å². The molecule has 23 heavy (non-hydrogen) atoms. The summed E-state index contributed by atoms with van der Waals surface area (Å²) in [7, 11) is 3.03. The minimum absolute atomic E-state index is 0.120. The second kappa shape index (κ2) is 5.85. The number of hydrogen-bond donors (Lipinski definition) is 2. The monoisotopic (exact) mass is 314 g/mol. The van der Waals surface area contributed by atoms with Gasteiger partial charge in [0.15, 0.2) is 0 Å². The van der Waals surface area contributed by atoms with E-state index in [0.717, 1.165) is 15.8 Å². The topological polar surface area (TPSA) is 85.1 Å². The van der Waals surface area contributed by atoms with Crippen molar-refractivity contribution in [2.24, 2.45) is 14.1 Å². The van der Waals surface area contributed by atoms with E-state index >= 15 is 0 Å². The highest BCUT2D eigenvalue weighted by Gasteiger charge is 2.25. The van der Waals surface area contributed by atoms with E-state index in [4.69, 9.17) is 0 Å². The molecule has 2 aromatic rings. The van der Waals surface area contributed by atoms with E-state index in [-0.39, 0.29) is 23.7 Å². The van der Waals surface area contributed by atoms with Gasteiger partial charge in [-0.05, 0) is 18.1 Å². The Morgan fingerprint density at radius 1 is 1.22 bits per heavy atom. The molecule has 0 spiro atoms. The molecule has 120 valence electrons. The summed E-state index contributed by atoms with van der Waals surface area (Å²) in [5.41, 5.74) is 1.60. The Labute approximate surface area is 132 Å². The standard InChI is InChI=1S/C16H18N4O3/c1-19-9-11(15(22)20(2)16(19)23)8-17-13-7-10-5-3-4-6-12(10)18-14(13)21/h3-6,9,13,17H,7-8H2,1-2H3,(H,18,21). The number of amides is 1. The fourth-order valence-electron chi connectivity index (χ4n) is 2.76. The van der Waals surface area contributed by atoms with Crippen LogP contribution in [0.15, 0.2) is 40.1 Å². The van der Waals surface area contributed by atoms with Crippen molar-refractivity contribution < 1.29 is 4.79 Å². The fourth-order valence-corrected chi connectivity index (χ4v) is 2.76. The van der Waals surface area contributed by atoms with Crippen LogP contribution in [0.3, 0.4) is 0 Å². The molecule has 2 heterocycles. The maximum absolute atomic E-state index is 12.1. The van der Waals surface area contributed by atoms with E-state index in [1.54, 1.807) is 7.05 Å². The summed E-state index contributed by atoms with van der Waals surface area (Å²) >= 11 is 0. The lowest BCUT2D eigenvalue weighted by molar-refractivity contribution is -0.118. The van der Waals surface area contributed by atoms with Crippen molar-refractivity contribution in [3.8, 4) is 0 Å². The average Bonchev–Trinajstić information content (AvgIpc) is 2.55. The summed E-state index contributed by atoms with van der Waals surface area (Å²) in [6, 6.07) is 7.23. The van der Waals surface area contributed by atoms with Crippen molar-refractivity contribution in [3.63, 3.8) is 0 Å². The first-order valence-corrected chi connectivity index (χ1v) is 7.35. The molecule has 1 aromatic heterocycles. The number of hydrogen-bond acceptors (Lipinski definition) is 4. The van der Waals surface area contributed by atoms with Gasteiger partial charge in [0.1, 0.15) is 0 Å². The van der Waals surface area contributed by atoms with Gasteiger partial charge in [-0.25, -0.2) is 4.79 Å². The van der Waals surface area contributed by atoms with Gasteiger partial charge in [0.05, 0.1) is 6.04 Å². The Hall–Kier alpha value is -2.67. The van der Waals surface area contributed by atoms with Crippen LogP contribution in [-0.2, 0) is 31.9 Å². The number of carbonyl (C=O) groups is 1. The van der Waals surface area contributed by atoms with Crippen LogP contribution in [-0.4, -0.2) is 21.1 Å². The minimum Gasteiger partial charge on any atom is -0.324 e. The number of carbonyl (C=O) groups excluding carboxylic acids is 1. The first-order valence-electron chi connectivity index (χ1n) is 7.35. The molecule has 0 fully saturated rings. The molecule has 1 amide bonds. The molecule has 1 aromatic carbocycles. The zero-order valence-electron chi connectivity index (χ0n) is 13.0. The van der Waals surface area contributed by atoms with Crippen LogP contribution >= 0.6 is 0 Å². The fraction of sp³-hybridized carbons (Fsp3) is 0.312. The molecule has 0 radical (unpaired) electrons. The summed E-state index contributed by atoms with van der Waals surface area (Å²) in [6.07, 6.45) is 2.07. The van der Waals surface area contributed by atoms with Gasteiger partial charge >= 0.3 is 5.69 Å². The Morgan fingerprint density at radius 3 is 2.74 bits per heavy atom. The molecule has 0 bridgehead atoms. The SMILES string of the molecule is Cn1cc(CNC2Cc3ccccc3NC2=O)c(=O)n(C)c1=O. The third-order valence-electron chi connectivity index (χ3n) is 4.07. The lowest BCUT2D eigenvalue weighted by Crippen LogP contribution is -2.46. The van der Waals surface area contributed by atoms with Gasteiger partial charge in [0.25, 0.3) is 5.56 Å². The number of rotatable bonds is 3. The predicted molar refractivity (Wildman–Crippen MR) is 86.3 cm³/mol. The van der Waals surface area contributed by atoms with Crippen molar-refractivity contribution in [1.29, 1.82) is 0 Å². The van der Waals surface area contributed by atoms with Crippen molar-refractivity contribution in [1.82, 2.24) is 14.5 Å². The van der Waals surface area contributed by atoms with E-state index in [1.807, 2.05) is 24.3 Å². The zero-order chi connectivity index (χ0) is 16.6. The van der Waals surface area contributed by atoms with Gasteiger partial charge in [-0.15, -0.1) is 0 Å². The molecular formula is C16H18N4O3. The maximum Gasteiger partial charge on any atom is 0.330 e. The third kappa shape index (κ3) is 2.83. The van der Waals surface area contributed by atoms with Crippen molar-refractivity contribution in [3.05, 3.63) is 62.4 Å². The lowest BCUT2D eigenvalue weighted by Gasteiger charge is -2.25. The highest BCUT2D eigenvalue weighted by atomic mass is 16.2. The van der Waals surface area contributed by atoms with Crippen LogP contribution in [0.4, 0.5) is 5.69 Å². The number of aryl methyl sites for hydroxylation is 1. The molecule has 0 aliphatic carbocycles. The number of nitrogens with one attached hydrogen (secondary N) is 2. The molecule has 7 nitrogen and oxygen atoms in total. The first-order chi connectivity index (χ1) is 11.0. The molecule has 0 saturated carbocycles. The van der Waals surface area contributed by atoms with Crippen LogP contribution in [0.5, 0.6) is 0 Å². The van der Waals surface area contributed by atoms with E-state index < -0.39 is 6.04 Å². The van der Waals surface area contributed by atoms with Gasteiger partial charge in [-0.3, -0.25) is 14.2 Å². The van der Waals surface area contributed by atoms with Gasteiger partial charge < -0.3 is 15.2 Å². The predicted octanol–water partition coefficient (Wildman–Crippen LogP) is -0.263. The molecule has 1 aliphatic heterocycles. The number of nitrogens with zero attached hydrogens (tertiary/aromatic N) is 2. The highest BCUT2D eigenvalue weighted by molar-refractivity contribution is 5.97. The average molecular weight is 314 g/mol. The molecule has 1 unspecified atom stereocenters. The van der Waals surface area contributed by atoms with Gasteiger partial charge in [0, 0.05) is 38.1 Å². The zero-order valence-corrected chi connectivity index (χ0v) is 13.0. The van der Waals surface area contributed by atoms with Crippen molar-refractivity contribution in [2.75, 3.05) is 5.32 Å². The normalized spacial score (nSPS) is 16.8. The van der Waals surface area contributed by atoms with Crippen LogP contribution in [0.25, 0.3) is 0 Å². The maximum atomic E-state index is 12.1. The number of fused-ring (bicyclic) bond motifs is 1. The molecule has 0 saturated heterocycles. The summed E-state index contributed by atoms with van der Waals surface area (Å²) < 4.78 is 2.42. The second-order valence-electron chi connectivity index (χ2n) is 5.70. The second-order valence-corrected chi connectivity index (χ2v) is 5.70. The summed E-state index contributed by atoms with van der Waals surface area (Å²) in [4.78, 5) is 35.9. The number of para-hydroxylation sites is 1. The molecule has 2 N–H and O–H groups in total. The molecule has 3 rings (SSSR count). The highest BCUT2D eigenvalue weighted by Crippen LogP contribution is 2.21. The Bertz CT molecular complexity index is 882. The molecular weight excluding hydrogens is 296 g/mol. The number of anilines is 1. The molecule has 1 aliphatic rings. The van der Waals surface area contributed by atoms with E-state index in [1.165, 1.54) is 17.8 Å². The van der Waals surface area contributed by atoms with Gasteiger partial charge in [-0.2, -0.15) is 0 Å². The Morgan fingerprint density at radius 2 is 1.96 bits per heavy atom. The Kier molecular flexibility index (Phi) is 3.87. The van der Waals surface area contributed by atoms with Crippen LogP contribution in [0.2, 0.25) is 0 Å². The minimum atomic E-state index is -0.410. The molecule has 7 heteroatoms. The van der Waals surface area contributed by atoms with Crippen molar-refractivity contribution in [2.45, 2.75) is 19.0 Å². The lowest BCUT2D eigenvalue weighted by atomic mass is 9.99.